The van der Waals surface area contributed by atoms with Gasteiger partial charge < -0.3 is 14.6 Å². The second kappa shape index (κ2) is 8.05. The highest BCUT2D eigenvalue weighted by atomic mass is 16.7. The SMILES string of the molecule is N#CCN(Cc1ccccc1)C1CCCC1(O)/C=C/c1ccc2c(c1)OCO2. The van der Waals surface area contributed by atoms with Crippen molar-refractivity contribution >= 4 is 6.08 Å². The first-order valence-corrected chi connectivity index (χ1v) is 9.64. The van der Waals surface area contributed by atoms with Crippen molar-refractivity contribution in [2.24, 2.45) is 0 Å². The molecule has 5 nitrogen and oxygen atoms in total. The summed E-state index contributed by atoms with van der Waals surface area (Å²) in [4.78, 5) is 2.09. The number of ether oxygens (including phenoxy) is 2. The molecule has 4 rings (SSSR count). The number of benzene rings is 2. The molecule has 1 saturated carbocycles. The fourth-order valence-electron chi connectivity index (χ4n) is 4.13. The highest BCUT2D eigenvalue weighted by Crippen LogP contribution is 2.37. The molecule has 2 aromatic carbocycles. The number of fused-ring (bicyclic) bond motifs is 1. The molecule has 1 aliphatic heterocycles. The van der Waals surface area contributed by atoms with Crippen molar-refractivity contribution in [3.05, 3.63) is 65.7 Å². The molecule has 0 bridgehead atoms. The molecule has 2 unspecified atom stereocenters. The van der Waals surface area contributed by atoms with Crippen LogP contribution in [0.5, 0.6) is 11.5 Å². The third kappa shape index (κ3) is 3.89. The van der Waals surface area contributed by atoms with Crippen LogP contribution in [0.25, 0.3) is 6.08 Å². The van der Waals surface area contributed by atoms with Crippen LogP contribution in [0.15, 0.2) is 54.6 Å². The van der Waals surface area contributed by atoms with Gasteiger partial charge in [-0.3, -0.25) is 4.90 Å². The molecule has 1 N–H and O–H groups in total. The zero-order chi connectivity index (χ0) is 19.4. The second-order valence-corrected chi connectivity index (χ2v) is 7.39. The van der Waals surface area contributed by atoms with Crippen LogP contribution in [0.2, 0.25) is 0 Å². The van der Waals surface area contributed by atoms with Crippen molar-refractivity contribution in [3.63, 3.8) is 0 Å². The van der Waals surface area contributed by atoms with Gasteiger partial charge in [-0.1, -0.05) is 48.6 Å². The topological polar surface area (TPSA) is 65.7 Å². The van der Waals surface area contributed by atoms with Crippen molar-refractivity contribution in [1.82, 2.24) is 4.90 Å². The quantitative estimate of drug-likeness (QED) is 0.778. The molecule has 0 saturated heterocycles. The third-order valence-corrected chi connectivity index (χ3v) is 5.54. The fraction of sp³-hybridized carbons (Fsp3) is 0.348. The van der Waals surface area contributed by atoms with E-state index in [1.165, 1.54) is 0 Å². The van der Waals surface area contributed by atoms with Crippen LogP contribution in [0.3, 0.4) is 0 Å². The molecule has 5 heteroatoms. The molecule has 0 amide bonds. The van der Waals surface area contributed by atoms with Crippen LogP contribution in [0.4, 0.5) is 0 Å². The minimum Gasteiger partial charge on any atom is -0.454 e. The molecule has 1 heterocycles. The molecule has 0 radical (unpaired) electrons. The molecule has 1 aliphatic carbocycles. The Morgan fingerprint density at radius 1 is 1.18 bits per heavy atom. The van der Waals surface area contributed by atoms with E-state index in [0.717, 1.165) is 35.5 Å². The Balaban J connectivity index is 1.53. The smallest absolute Gasteiger partial charge is 0.231 e. The first-order chi connectivity index (χ1) is 13.7. The van der Waals surface area contributed by atoms with Gasteiger partial charge in [-0.25, -0.2) is 0 Å². The zero-order valence-electron chi connectivity index (χ0n) is 15.8. The third-order valence-electron chi connectivity index (χ3n) is 5.54. The highest BCUT2D eigenvalue weighted by Gasteiger charge is 2.42. The van der Waals surface area contributed by atoms with E-state index in [1.807, 2.05) is 48.6 Å². The van der Waals surface area contributed by atoms with E-state index in [4.69, 9.17) is 9.47 Å². The van der Waals surface area contributed by atoms with Crippen LogP contribution >= 0.6 is 0 Å². The first-order valence-electron chi connectivity index (χ1n) is 9.64. The monoisotopic (exact) mass is 376 g/mol. The number of nitrogens with zero attached hydrogens (tertiary/aromatic N) is 2. The predicted octanol–water partition coefficient (Wildman–Crippen LogP) is 3.74. The number of nitriles is 1. The predicted molar refractivity (Wildman–Crippen MR) is 107 cm³/mol. The van der Waals surface area contributed by atoms with Crippen LogP contribution in [-0.2, 0) is 6.54 Å². The van der Waals surface area contributed by atoms with Gasteiger partial charge in [-0.05, 0) is 42.5 Å². The van der Waals surface area contributed by atoms with Crippen molar-refractivity contribution in [3.8, 4) is 17.6 Å². The van der Waals surface area contributed by atoms with E-state index in [9.17, 15) is 10.4 Å². The fourth-order valence-corrected chi connectivity index (χ4v) is 4.13. The molecular weight excluding hydrogens is 352 g/mol. The maximum Gasteiger partial charge on any atom is 0.231 e. The minimum atomic E-state index is -0.956. The summed E-state index contributed by atoms with van der Waals surface area (Å²) in [5.74, 6) is 1.48. The number of hydrogen-bond acceptors (Lipinski definition) is 5. The number of hydrogen-bond donors (Lipinski definition) is 1. The maximum atomic E-state index is 11.4. The van der Waals surface area contributed by atoms with E-state index >= 15 is 0 Å². The summed E-state index contributed by atoms with van der Waals surface area (Å²) in [6.45, 7) is 1.19. The van der Waals surface area contributed by atoms with E-state index in [-0.39, 0.29) is 12.8 Å². The Kier molecular flexibility index (Phi) is 5.34. The molecule has 0 spiro atoms. The summed E-state index contributed by atoms with van der Waals surface area (Å²) in [5, 5.41) is 20.7. The summed E-state index contributed by atoms with van der Waals surface area (Å²) in [6, 6.07) is 18.0. The van der Waals surface area contributed by atoms with E-state index in [0.29, 0.717) is 19.5 Å². The molecule has 144 valence electrons. The number of aliphatic hydroxyl groups is 1. The Hall–Kier alpha value is -2.81. The summed E-state index contributed by atoms with van der Waals surface area (Å²) < 4.78 is 10.8. The minimum absolute atomic E-state index is 0.0855. The van der Waals surface area contributed by atoms with Crippen LogP contribution in [-0.4, -0.2) is 35.0 Å². The summed E-state index contributed by atoms with van der Waals surface area (Å²) in [7, 11) is 0. The van der Waals surface area contributed by atoms with E-state index in [1.54, 1.807) is 0 Å². The van der Waals surface area contributed by atoms with Gasteiger partial charge in [-0.15, -0.1) is 0 Å². The summed E-state index contributed by atoms with van der Waals surface area (Å²) >= 11 is 0. The molecule has 2 aromatic rings. The lowest BCUT2D eigenvalue weighted by molar-refractivity contribution is 0.0129. The highest BCUT2D eigenvalue weighted by molar-refractivity contribution is 5.57. The van der Waals surface area contributed by atoms with Crippen molar-refractivity contribution < 1.29 is 14.6 Å². The Bertz CT molecular complexity index is 890. The van der Waals surface area contributed by atoms with Gasteiger partial charge in [0.15, 0.2) is 11.5 Å². The van der Waals surface area contributed by atoms with Crippen molar-refractivity contribution in [2.75, 3.05) is 13.3 Å². The lowest BCUT2D eigenvalue weighted by atomic mass is 9.94. The van der Waals surface area contributed by atoms with E-state index in [2.05, 4.69) is 23.1 Å². The molecule has 1 fully saturated rings. The van der Waals surface area contributed by atoms with Gasteiger partial charge in [0.1, 0.15) is 0 Å². The average Bonchev–Trinajstić information content (AvgIpc) is 3.33. The van der Waals surface area contributed by atoms with Gasteiger partial charge in [-0.2, -0.15) is 5.26 Å². The molecule has 2 aliphatic rings. The Labute approximate surface area is 165 Å². The molecule has 28 heavy (non-hydrogen) atoms. The summed E-state index contributed by atoms with van der Waals surface area (Å²) in [6.07, 6.45) is 6.32. The Morgan fingerprint density at radius 2 is 2.00 bits per heavy atom. The van der Waals surface area contributed by atoms with Gasteiger partial charge in [0.05, 0.1) is 18.2 Å². The number of rotatable bonds is 6. The van der Waals surface area contributed by atoms with Crippen LogP contribution in [0, 0.1) is 11.3 Å². The normalized spacial score (nSPS) is 23.4. The Morgan fingerprint density at radius 3 is 2.82 bits per heavy atom. The van der Waals surface area contributed by atoms with Gasteiger partial charge >= 0.3 is 0 Å². The summed E-state index contributed by atoms with van der Waals surface area (Å²) in [5.41, 5.74) is 1.15. The van der Waals surface area contributed by atoms with Crippen LogP contribution < -0.4 is 9.47 Å². The van der Waals surface area contributed by atoms with Gasteiger partial charge in [0.25, 0.3) is 0 Å². The molecular formula is C23H24N2O3. The van der Waals surface area contributed by atoms with Gasteiger partial charge in [0.2, 0.25) is 6.79 Å². The molecule has 0 aromatic heterocycles. The second-order valence-electron chi connectivity index (χ2n) is 7.39. The first kappa shape index (κ1) is 18.5. The lowest BCUT2D eigenvalue weighted by Crippen LogP contribution is -2.48. The van der Waals surface area contributed by atoms with Crippen LogP contribution in [0.1, 0.15) is 30.4 Å². The average molecular weight is 376 g/mol. The zero-order valence-corrected chi connectivity index (χ0v) is 15.8. The van der Waals surface area contributed by atoms with Gasteiger partial charge in [0, 0.05) is 12.6 Å². The van der Waals surface area contributed by atoms with E-state index < -0.39 is 5.60 Å². The maximum absolute atomic E-state index is 11.4. The standard InChI is InChI=1S/C23H24N2O3/c24-13-14-25(16-19-5-2-1-3-6-19)22-7-4-11-23(22,26)12-10-18-8-9-20-21(15-18)28-17-27-20/h1-3,5-6,8-10,12,15,22,26H,4,7,11,14,16-17H2/b12-10+. The van der Waals surface area contributed by atoms with Crippen molar-refractivity contribution in [1.29, 1.82) is 5.26 Å². The largest absolute Gasteiger partial charge is 0.454 e. The van der Waals surface area contributed by atoms with Crippen molar-refractivity contribution in [2.45, 2.75) is 37.5 Å². The lowest BCUT2D eigenvalue weighted by Gasteiger charge is -2.35. The molecule has 2 atom stereocenters.